The minimum absolute atomic E-state index is 0.320. The van der Waals surface area contributed by atoms with Crippen molar-refractivity contribution in [2.75, 3.05) is 42.3 Å². The molecule has 7 nitrogen and oxygen atoms in total. The van der Waals surface area contributed by atoms with Gasteiger partial charge in [-0.1, -0.05) is 0 Å². The molecule has 122 valence electrons. The maximum Gasteiger partial charge on any atom is 0.225 e. The molecule has 2 aromatic rings. The molecule has 1 saturated heterocycles. The van der Waals surface area contributed by atoms with Gasteiger partial charge in [0, 0.05) is 51.7 Å². The van der Waals surface area contributed by atoms with Crippen molar-refractivity contribution in [2.45, 2.75) is 18.9 Å². The molecule has 1 aliphatic rings. The summed E-state index contributed by atoms with van der Waals surface area (Å²) in [6, 6.07) is 2.29. The SMILES string of the molecule is CN(C)c1cc(NC2CCCN(c3ncc(Br)cn3)C2)ncn1. The number of hydrogen-bond donors (Lipinski definition) is 1. The Morgan fingerprint density at radius 3 is 2.74 bits per heavy atom. The Balaban J connectivity index is 1.67. The van der Waals surface area contributed by atoms with Crippen molar-refractivity contribution in [3.05, 3.63) is 29.3 Å². The molecule has 1 aliphatic heterocycles. The van der Waals surface area contributed by atoms with E-state index in [4.69, 9.17) is 0 Å². The normalized spacial score (nSPS) is 17.9. The summed E-state index contributed by atoms with van der Waals surface area (Å²) >= 11 is 3.37. The molecular weight excluding hydrogens is 358 g/mol. The van der Waals surface area contributed by atoms with Crippen molar-refractivity contribution >= 4 is 33.5 Å². The van der Waals surface area contributed by atoms with Crippen LogP contribution in [0, 0.1) is 0 Å². The molecule has 0 radical (unpaired) electrons. The molecule has 3 heterocycles. The molecule has 1 N–H and O–H groups in total. The number of piperidine rings is 1. The van der Waals surface area contributed by atoms with Crippen molar-refractivity contribution in [2.24, 2.45) is 0 Å². The molecular formula is C15H20BrN7. The van der Waals surface area contributed by atoms with E-state index in [-0.39, 0.29) is 0 Å². The summed E-state index contributed by atoms with van der Waals surface area (Å²) in [5, 5.41) is 3.50. The monoisotopic (exact) mass is 377 g/mol. The van der Waals surface area contributed by atoms with Gasteiger partial charge in [-0.05, 0) is 28.8 Å². The van der Waals surface area contributed by atoms with Crippen molar-refractivity contribution in [3.8, 4) is 0 Å². The first kappa shape index (κ1) is 15.9. The Morgan fingerprint density at radius 1 is 1.22 bits per heavy atom. The minimum atomic E-state index is 0.320. The largest absolute Gasteiger partial charge is 0.365 e. The van der Waals surface area contributed by atoms with Crippen LogP contribution < -0.4 is 15.1 Å². The van der Waals surface area contributed by atoms with Crippen LogP contribution in [0.5, 0.6) is 0 Å². The summed E-state index contributed by atoms with van der Waals surface area (Å²) in [5.41, 5.74) is 0. The van der Waals surface area contributed by atoms with Gasteiger partial charge in [0.25, 0.3) is 0 Å². The maximum atomic E-state index is 4.39. The molecule has 0 aliphatic carbocycles. The predicted molar refractivity (Wildman–Crippen MR) is 94.9 cm³/mol. The van der Waals surface area contributed by atoms with Crippen LogP contribution in [0.2, 0.25) is 0 Å². The highest BCUT2D eigenvalue weighted by atomic mass is 79.9. The summed E-state index contributed by atoms with van der Waals surface area (Å²) in [6.45, 7) is 1.84. The maximum absolute atomic E-state index is 4.39. The molecule has 0 spiro atoms. The van der Waals surface area contributed by atoms with E-state index in [2.05, 4.69) is 46.1 Å². The number of anilines is 3. The van der Waals surface area contributed by atoms with Gasteiger partial charge < -0.3 is 15.1 Å². The molecule has 0 bridgehead atoms. The van der Waals surface area contributed by atoms with Crippen LogP contribution in [0.1, 0.15) is 12.8 Å². The fourth-order valence-electron chi connectivity index (χ4n) is 2.63. The fourth-order valence-corrected chi connectivity index (χ4v) is 2.83. The van der Waals surface area contributed by atoms with E-state index in [1.807, 2.05) is 25.1 Å². The quantitative estimate of drug-likeness (QED) is 0.875. The number of hydrogen-bond acceptors (Lipinski definition) is 7. The van der Waals surface area contributed by atoms with E-state index < -0.39 is 0 Å². The Morgan fingerprint density at radius 2 is 2.00 bits per heavy atom. The van der Waals surface area contributed by atoms with Crippen LogP contribution in [0.4, 0.5) is 17.6 Å². The van der Waals surface area contributed by atoms with E-state index in [1.54, 1.807) is 18.7 Å². The number of rotatable bonds is 4. The van der Waals surface area contributed by atoms with Crippen molar-refractivity contribution in [3.63, 3.8) is 0 Å². The van der Waals surface area contributed by atoms with Crippen LogP contribution in [-0.2, 0) is 0 Å². The lowest BCUT2D eigenvalue weighted by Gasteiger charge is -2.33. The standard InChI is InChI=1S/C15H20BrN7/c1-22(2)14-6-13(19-10-20-14)21-12-4-3-5-23(9-12)15-17-7-11(16)8-18-15/h6-8,10,12H,3-5,9H2,1-2H3,(H,19,20,21). The molecule has 3 rings (SSSR count). The first-order valence-electron chi connectivity index (χ1n) is 7.60. The lowest BCUT2D eigenvalue weighted by molar-refractivity contribution is 0.521. The highest BCUT2D eigenvalue weighted by Gasteiger charge is 2.22. The molecule has 1 unspecified atom stereocenters. The zero-order valence-corrected chi connectivity index (χ0v) is 14.9. The van der Waals surface area contributed by atoms with Crippen LogP contribution in [-0.4, -0.2) is 53.2 Å². The fraction of sp³-hybridized carbons (Fsp3) is 0.467. The second-order valence-corrected chi connectivity index (χ2v) is 6.70. The van der Waals surface area contributed by atoms with E-state index in [9.17, 15) is 0 Å². The van der Waals surface area contributed by atoms with E-state index in [1.165, 1.54) is 0 Å². The van der Waals surface area contributed by atoms with Gasteiger partial charge in [0.1, 0.15) is 18.0 Å². The predicted octanol–water partition coefficient (Wildman–Crippen LogP) is 2.18. The van der Waals surface area contributed by atoms with Gasteiger partial charge in [0.05, 0.1) is 4.47 Å². The third-order valence-corrected chi connectivity index (χ3v) is 4.18. The second kappa shape index (κ2) is 7.08. The summed E-state index contributed by atoms with van der Waals surface area (Å²) in [4.78, 5) is 21.5. The number of aromatic nitrogens is 4. The van der Waals surface area contributed by atoms with Gasteiger partial charge in [-0.2, -0.15) is 0 Å². The zero-order valence-electron chi connectivity index (χ0n) is 13.3. The Labute approximate surface area is 144 Å². The van der Waals surface area contributed by atoms with Crippen molar-refractivity contribution in [1.82, 2.24) is 19.9 Å². The number of halogens is 1. The second-order valence-electron chi connectivity index (χ2n) is 5.79. The van der Waals surface area contributed by atoms with Crippen LogP contribution in [0.3, 0.4) is 0 Å². The van der Waals surface area contributed by atoms with Crippen LogP contribution >= 0.6 is 15.9 Å². The molecule has 1 fully saturated rings. The lowest BCUT2D eigenvalue weighted by atomic mass is 10.1. The first-order chi connectivity index (χ1) is 11.1. The van der Waals surface area contributed by atoms with Crippen LogP contribution in [0.25, 0.3) is 0 Å². The molecule has 1 atom stereocenters. The molecule has 0 saturated carbocycles. The third kappa shape index (κ3) is 4.07. The summed E-state index contributed by atoms with van der Waals surface area (Å²) in [7, 11) is 3.94. The summed E-state index contributed by atoms with van der Waals surface area (Å²) < 4.78 is 0.894. The van der Waals surface area contributed by atoms with E-state index >= 15 is 0 Å². The van der Waals surface area contributed by atoms with Crippen LogP contribution in [0.15, 0.2) is 29.3 Å². The lowest BCUT2D eigenvalue weighted by Crippen LogP contribution is -2.43. The molecule has 0 amide bonds. The van der Waals surface area contributed by atoms with Gasteiger partial charge in [-0.25, -0.2) is 19.9 Å². The van der Waals surface area contributed by atoms with Gasteiger partial charge in [0.2, 0.25) is 5.95 Å². The van der Waals surface area contributed by atoms with Crippen molar-refractivity contribution < 1.29 is 0 Å². The molecule has 8 heteroatoms. The Hall–Kier alpha value is -1.96. The van der Waals surface area contributed by atoms with Gasteiger partial charge in [0.15, 0.2) is 0 Å². The molecule has 0 aromatic carbocycles. The van der Waals surface area contributed by atoms with Crippen molar-refractivity contribution in [1.29, 1.82) is 0 Å². The minimum Gasteiger partial charge on any atom is -0.365 e. The highest BCUT2D eigenvalue weighted by molar-refractivity contribution is 9.10. The van der Waals surface area contributed by atoms with E-state index in [0.29, 0.717) is 6.04 Å². The Bertz CT molecular complexity index is 647. The summed E-state index contributed by atoms with van der Waals surface area (Å²) in [5.74, 6) is 2.52. The summed E-state index contributed by atoms with van der Waals surface area (Å²) in [6.07, 6.45) is 7.37. The number of nitrogens with zero attached hydrogens (tertiary/aromatic N) is 6. The Kier molecular flexibility index (Phi) is 4.90. The highest BCUT2D eigenvalue weighted by Crippen LogP contribution is 2.20. The van der Waals surface area contributed by atoms with Gasteiger partial charge in [-0.3, -0.25) is 0 Å². The first-order valence-corrected chi connectivity index (χ1v) is 8.39. The average Bonchev–Trinajstić information content (AvgIpc) is 2.56. The third-order valence-electron chi connectivity index (χ3n) is 3.77. The van der Waals surface area contributed by atoms with E-state index in [0.717, 1.165) is 48.0 Å². The molecule has 23 heavy (non-hydrogen) atoms. The smallest absolute Gasteiger partial charge is 0.225 e. The van der Waals surface area contributed by atoms with Gasteiger partial charge >= 0.3 is 0 Å². The van der Waals surface area contributed by atoms with Gasteiger partial charge in [-0.15, -0.1) is 0 Å². The zero-order chi connectivity index (χ0) is 16.2. The molecule has 2 aromatic heterocycles. The average molecular weight is 378 g/mol. The topological polar surface area (TPSA) is 70.1 Å². The number of nitrogens with one attached hydrogen (secondary N) is 1.